The predicted molar refractivity (Wildman–Crippen MR) is 91.8 cm³/mol. The number of nitro benzene ring substituents is 1. The second-order valence-corrected chi connectivity index (χ2v) is 8.27. The van der Waals surface area contributed by atoms with Gasteiger partial charge >= 0.3 is 161 Å². The molecule has 3 rings (SSSR count). The molecule has 2 heterocycles. The molecule has 0 bridgehead atoms. The fourth-order valence-corrected chi connectivity index (χ4v) is 4.87. The van der Waals surface area contributed by atoms with E-state index in [-0.39, 0.29) is 14.7 Å². The second kappa shape index (κ2) is 7.54. The first-order valence-corrected chi connectivity index (χ1v) is 9.63. The average molecular weight is 462 g/mol. The van der Waals surface area contributed by atoms with Crippen LogP contribution < -0.4 is 15.7 Å². The molecule has 0 aliphatic carbocycles. The Balaban J connectivity index is 1.89. The Morgan fingerprint density at radius 2 is 2.00 bits per heavy atom. The standard InChI is InChI=1S/C15H14FN3O8Se/c16-15(18-6-5-9(20)17-14(18)24)12(22)10(21)11(27-15)13(23)28-8-4-2-1-3-7(8)19(25)26/h1-6,10-13,21-23H,(H,17,20,24)/t10-,11+,12-,13?,15+/m1/s1. The second-order valence-electron chi connectivity index (χ2n) is 5.84. The molecule has 150 valence electrons. The van der Waals surface area contributed by atoms with Gasteiger partial charge in [0.25, 0.3) is 0 Å². The van der Waals surface area contributed by atoms with Crippen molar-refractivity contribution >= 4 is 25.1 Å². The number of halogens is 1. The summed E-state index contributed by atoms with van der Waals surface area (Å²) in [5.41, 5.74) is -2.31. The molecule has 4 N–H and O–H groups in total. The zero-order chi connectivity index (χ0) is 20.6. The van der Waals surface area contributed by atoms with Crippen molar-refractivity contribution in [3.63, 3.8) is 0 Å². The molecule has 1 aromatic heterocycles. The summed E-state index contributed by atoms with van der Waals surface area (Å²) in [5, 5.41) is 40.1. The van der Waals surface area contributed by atoms with Gasteiger partial charge < -0.3 is 0 Å². The van der Waals surface area contributed by atoms with E-state index in [2.05, 4.69) is 0 Å². The van der Waals surface area contributed by atoms with Gasteiger partial charge in [-0.05, 0) is 0 Å². The number of nitrogens with one attached hydrogen (secondary N) is 1. The Morgan fingerprint density at radius 3 is 2.64 bits per heavy atom. The van der Waals surface area contributed by atoms with Crippen LogP contribution in [0.25, 0.3) is 0 Å². The Morgan fingerprint density at radius 1 is 1.32 bits per heavy atom. The molecule has 1 aliphatic heterocycles. The van der Waals surface area contributed by atoms with Crippen LogP contribution >= 0.6 is 0 Å². The first-order valence-electron chi connectivity index (χ1n) is 7.78. The molecule has 1 fully saturated rings. The molecule has 13 heteroatoms. The van der Waals surface area contributed by atoms with Gasteiger partial charge in [-0.2, -0.15) is 0 Å². The first-order chi connectivity index (χ1) is 13.1. The number of aromatic nitrogens is 2. The third-order valence-corrected chi connectivity index (χ3v) is 6.40. The van der Waals surface area contributed by atoms with E-state index in [0.29, 0.717) is 0 Å². The van der Waals surface area contributed by atoms with Gasteiger partial charge in [0.2, 0.25) is 0 Å². The summed E-state index contributed by atoms with van der Waals surface area (Å²) in [4.78, 5) is 35.2. The number of nitro groups is 1. The minimum absolute atomic E-state index is 0.162. The van der Waals surface area contributed by atoms with E-state index in [1.54, 1.807) is 4.98 Å². The minimum atomic E-state index is -3.26. The normalized spacial score (nSPS) is 28.2. The fourth-order valence-electron chi connectivity index (χ4n) is 2.71. The van der Waals surface area contributed by atoms with Gasteiger partial charge in [-0.25, -0.2) is 0 Å². The molecule has 1 unspecified atom stereocenters. The number of hydrogen-bond acceptors (Lipinski definition) is 8. The Kier molecular flexibility index (Phi) is 5.48. The van der Waals surface area contributed by atoms with Crippen LogP contribution in [-0.4, -0.2) is 68.1 Å². The average Bonchev–Trinajstić information content (AvgIpc) is 2.87. The number of rotatable bonds is 5. The summed E-state index contributed by atoms with van der Waals surface area (Å²) >= 11 is -1.06. The summed E-state index contributed by atoms with van der Waals surface area (Å²) < 4.78 is 20.6. The van der Waals surface area contributed by atoms with Crippen molar-refractivity contribution in [1.82, 2.24) is 9.55 Å². The topological polar surface area (TPSA) is 168 Å². The number of alkyl halides is 1. The molecule has 0 saturated carbocycles. The maximum atomic E-state index is 15.2. The number of hydrogen-bond donors (Lipinski definition) is 4. The molecule has 1 aromatic carbocycles. The van der Waals surface area contributed by atoms with Gasteiger partial charge in [-0.15, -0.1) is 0 Å². The molecule has 2 aromatic rings. The summed E-state index contributed by atoms with van der Waals surface area (Å²) in [6.45, 7) is 0. The van der Waals surface area contributed by atoms with Gasteiger partial charge in [-0.3, -0.25) is 0 Å². The van der Waals surface area contributed by atoms with Crippen molar-refractivity contribution in [3.8, 4) is 0 Å². The number of aromatic amines is 1. The summed E-state index contributed by atoms with van der Waals surface area (Å²) in [6, 6.07) is 6.38. The Bertz CT molecular complexity index is 1010. The van der Waals surface area contributed by atoms with Crippen LogP contribution in [0.2, 0.25) is 0 Å². The fraction of sp³-hybridized carbons (Fsp3) is 0.333. The van der Waals surface area contributed by atoms with Gasteiger partial charge in [-0.1, -0.05) is 0 Å². The van der Waals surface area contributed by atoms with E-state index < -0.39 is 60.4 Å². The van der Waals surface area contributed by atoms with E-state index in [9.17, 15) is 35.0 Å². The molecule has 1 saturated heterocycles. The van der Waals surface area contributed by atoms with Crippen LogP contribution in [0, 0.1) is 10.1 Å². The molecule has 1 aliphatic rings. The van der Waals surface area contributed by atoms with Gasteiger partial charge in [0.05, 0.1) is 0 Å². The van der Waals surface area contributed by atoms with Gasteiger partial charge in [0.15, 0.2) is 0 Å². The van der Waals surface area contributed by atoms with Crippen molar-refractivity contribution in [2.45, 2.75) is 29.3 Å². The van der Waals surface area contributed by atoms with E-state index in [1.807, 2.05) is 0 Å². The molecule has 11 nitrogen and oxygen atoms in total. The molecular formula is C15H14FN3O8Se. The Hall–Kier alpha value is -2.41. The number of aliphatic hydroxyl groups excluding tert-OH is 3. The molecule has 5 atom stereocenters. The SMILES string of the molecule is O=c1ccn([C@]2(F)O[C@H](C(O)[Se]c3ccccc3[N+](=O)[O-])[C@@H](O)[C@H]2O)c(=O)[nH]1. The summed E-state index contributed by atoms with van der Waals surface area (Å²) in [6.07, 6.45) is -5.15. The van der Waals surface area contributed by atoms with E-state index in [4.69, 9.17) is 4.74 Å². The zero-order valence-corrected chi connectivity index (χ0v) is 15.6. The monoisotopic (exact) mass is 463 g/mol. The van der Waals surface area contributed by atoms with Crippen molar-refractivity contribution in [1.29, 1.82) is 0 Å². The van der Waals surface area contributed by atoms with Crippen LogP contribution in [0.15, 0.2) is 46.1 Å². The van der Waals surface area contributed by atoms with E-state index in [1.165, 1.54) is 24.3 Å². The summed E-state index contributed by atoms with van der Waals surface area (Å²) in [7, 11) is 0. The maximum absolute atomic E-state index is 15.2. The van der Waals surface area contributed by atoms with Crippen molar-refractivity contribution in [2.24, 2.45) is 0 Å². The number of aliphatic hydroxyl groups is 3. The number of nitrogens with zero attached hydrogens (tertiary/aromatic N) is 2. The first kappa shape index (κ1) is 20.3. The van der Waals surface area contributed by atoms with Crippen molar-refractivity contribution in [3.05, 3.63) is 67.5 Å². The van der Waals surface area contributed by atoms with Crippen molar-refractivity contribution < 1.29 is 29.4 Å². The number of ether oxygens (including phenoxy) is 1. The van der Waals surface area contributed by atoms with Gasteiger partial charge in [0, 0.05) is 0 Å². The quantitative estimate of drug-likeness (QED) is 0.215. The third-order valence-electron chi connectivity index (χ3n) is 4.07. The number of para-hydroxylation sites is 1. The molecule has 0 radical (unpaired) electrons. The van der Waals surface area contributed by atoms with Crippen LogP contribution in [0.1, 0.15) is 0 Å². The van der Waals surface area contributed by atoms with E-state index in [0.717, 1.165) is 12.3 Å². The molecular weight excluding hydrogens is 448 g/mol. The van der Waals surface area contributed by atoms with Crippen LogP contribution in [-0.2, 0) is 10.7 Å². The number of H-pyrrole nitrogens is 1. The zero-order valence-electron chi connectivity index (χ0n) is 13.8. The van der Waals surface area contributed by atoms with E-state index >= 15 is 4.39 Å². The van der Waals surface area contributed by atoms with Gasteiger partial charge in [0.1, 0.15) is 0 Å². The van der Waals surface area contributed by atoms with Crippen LogP contribution in [0.4, 0.5) is 10.1 Å². The summed E-state index contributed by atoms with van der Waals surface area (Å²) in [5.74, 6) is -3.26. The molecule has 0 amide bonds. The number of benzene rings is 1. The van der Waals surface area contributed by atoms with Crippen molar-refractivity contribution in [2.75, 3.05) is 0 Å². The van der Waals surface area contributed by atoms with Crippen LogP contribution in [0.5, 0.6) is 0 Å². The van der Waals surface area contributed by atoms with Crippen LogP contribution in [0.3, 0.4) is 0 Å². The third kappa shape index (κ3) is 3.51. The molecule has 0 spiro atoms. The predicted octanol–water partition coefficient (Wildman–Crippen LogP) is -2.51. The molecule has 28 heavy (non-hydrogen) atoms. The Labute approximate surface area is 161 Å².